The minimum Gasteiger partial charge on any atom is -0.370 e. The summed E-state index contributed by atoms with van der Waals surface area (Å²) in [5.74, 6) is 1.47. The number of nitrogens with zero attached hydrogens (tertiary/aromatic N) is 2. The minimum atomic E-state index is -0.218. The monoisotopic (exact) mass is 277 g/mol. The first-order chi connectivity index (χ1) is 9.52. The Morgan fingerprint density at radius 2 is 1.85 bits per heavy atom. The number of aromatic nitrogens is 2. The van der Waals surface area contributed by atoms with Gasteiger partial charge in [0.1, 0.15) is 5.60 Å². The molecular formula is C16H27N3O. The van der Waals surface area contributed by atoms with Crippen molar-refractivity contribution in [3.8, 4) is 0 Å². The second-order valence-electron chi connectivity index (χ2n) is 6.12. The largest absolute Gasteiger partial charge is 0.370 e. The standard InChI is InChI=1S/C16H27N3O/c1-11(10-17-4)9-14-12(2)18-15(19-13(14)3)16(20-5)7-6-8-16/h11,17H,6-10H2,1-5H3. The molecule has 1 aromatic rings. The number of aryl methyl sites for hydroxylation is 2. The highest BCUT2D eigenvalue weighted by Crippen LogP contribution is 2.42. The van der Waals surface area contributed by atoms with E-state index in [9.17, 15) is 0 Å². The molecule has 112 valence electrons. The van der Waals surface area contributed by atoms with Gasteiger partial charge in [0.15, 0.2) is 5.82 Å². The maximum absolute atomic E-state index is 5.69. The fourth-order valence-electron chi connectivity index (χ4n) is 3.02. The van der Waals surface area contributed by atoms with Gasteiger partial charge in [-0.05, 0) is 64.6 Å². The van der Waals surface area contributed by atoms with E-state index >= 15 is 0 Å². The summed E-state index contributed by atoms with van der Waals surface area (Å²) in [5, 5.41) is 3.23. The van der Waals surface area contributed by atoms with Crippen LogP contribution in [0.4, 0.5) is 0 Å². The first-order valence-corrected chi connectivity index (χ1v) is 7.56. The lowest BCUT2D eigenvalue weighted by Crippen LogP contribution is -2.38. The quantitative estimate of drug-likeness (QED) is 0.868. The first kappa shape index (κ1) is 15.4. The van der Waals surface area contributed by atoms with Gasteiger partial charge in [0.2, 0.25) is 0 Å². The molecule has 0 aliphatic heterocycles. The highest BCUT2D eigenvalue weighted by molar-refractivity contribution is 5.27. The van der Waals surface area contributed by atoms with E-state index in [2.05, 4.69) is 26.1 Å². The molecule has 1 fully saturated rings. The molecule has 0 saturated heterocycles. The van der Waals surface area contributed by atoms with Gasteiger partial charge in [-0.3, -0.25) is 0 Å². The number of hydrogen-bond acceptors (Lipinski definition) is 4. The van der Waals surface area contributed by atoms with Crippen molar-refractivity contribution in [1.29, 1.82) is 0 Å². The molecular weight excluding hydrogens is 250 g/mol. The number of ether oxygens (including phenoxy) is 1. The zero-order valence-electron chi connectivity index (χ0n) is 13.4. The van der Waals surface area contributed by atoms with E-state index in [-0.39, 0.29) is 5.60 Å². The van der Waals surface area contributed by atoms with Crippen molar-refractivity contribution in [2.45, 2.75) is 52.1 Å². The third kappa shape index (κ3) is 2.86. The first-order valence-electron chi connectivity index (χ1n) is 7.56. The highest BCUT2D eigenvalue weighted by atomic mass is 16.5. The zero-order chi connectivity index (χ0) is 14.8. The van der Waals surface area contributed by atoms with E-state index < -0.39 is 0 Å². The Labute approximate surface area is 122 Å². The van der Waals surface area contributed by atoms with Crippen LogP contribution < -0.4 is 5.32 Å². The Bertz CT molecular complexity index is 440. The van der Waals surface area contributed by atoms with Crippen LogP contribution in [-0.4, -0.2) is 30.7 Å². The van der Waals surface area contributed by atoms with Crippen LogP contribution >= 0.6 is 0 Å². The lowest BCUT2D eigenvalue weighted by molar-refractivity contribution is -0.0849. The fraction of sp³-hybridized carbons (Fsp3) is 0.750. The predicted octanol–water partition coefficient (Wildman–Crippen LogP) is 2.52. The van der Waals surface area contributed by atoms with Crippen molar-refractivity contribution in [3.63, 3.8) is 0 Å². The van der Waals surface area contributed by atoms with Gasteiger partial charge in [0, 0.05) is 18.5 Å². The third-order valence-corrected chi connectivity index (χ3v) is 4.49. The van der Waals surface area contributed by atoms with Crippen LogP contribution in [0.25, 0.3) is 0 Å². The van der Waals surface area contributed by atoms with Crippen LogP contribution in [0.3, 0.4) is 0 Å². The summed E-state index contributed by atoms with van der Waals surface area (Å²) in [6.45, 7) is 7.47. The molecule has 1 heterocycles. The summed E-state index contributed by atoms with van der Waals surface area (Å²) in [7, 11) is 3.77. The van der Waals surface area contributed by atoms with Crippen molar-refractivity contribution in [2.24, 2.45) is 5.92 Å². The summed E-state index contributed by atoms with van der Waals surface area (Å²) in [6.07, 6.45) is 4.31. The van der Waals surface area contributed by atoms with Crippen molar-refractivity contribution in [2.75, 3.05) is 20.7 Å². The predicted molar refractivity (Wildman–Crippen MR) is 80.8 cm³/mol. The molecule has 4 heteroatoms. The summed E-state index contributed by atoms with van der Waals surface area (Å²) < 4.78 is 5.69. The van der Waals surface area contributed by atoms with Gasteiger partial charge in [-0.1, -0.05) is 6.92 Å². The minimum absolute atomic E-state index is 0.218. The van der Waals surface area contributed by atoms with E-state index in [1.165, 1.54) is 12.0 Å². The van der Waals surface area contributed by atoms with Crippen LogP contribution in [0.5, 0.6) is 0 Å². The summed E-state index contributed by atoms with van der Waals surface area (Å²) in [4.78, 5) is 9.51. The third-order valence-electron chi connectivity index (χ3n) is 4.49. The molecule has 1 unspecified atom stereocenters. The smallest absolute Gasteiger partial charge is 0.160 e. The Kier molecular flexibility index (Phi) is 4.76. The van der Waals surface area contributed by atoms with E-state index in [0.29, 0.717) is 5.92 Å². The van der Waals surface area contributed by atoms with Crippen molar-refractivity contribution >= 4 is 0 Å². The van der Waals surface area contributed by atoms with E-state index in [1.54, 1.807) is 7.11 Å². The SMILES string of the molecule is CNCC(C)Cc1c(C)nc(C2(OC)CCC2)nc1C. The Balaban J connectivity index is 2.25. The average molecular weight is 277 g/mol. The molecule has 1 N–H and O–H groups in total. The lowest BCUT2D eigenvalue weighted by atomic mass is 9.79. The van der Waals surface area contributed by atoms with Crippen LogP contribution in [0.15, 0.2) is 0 Å². The second kappa shape index (κ2) is 6.19. The summed E-state index contributed by atoms with van der Waals surface area (Å²) >= 11 is 0. The molecule has 4 nitrogen and oxygen atoms in total. The topological polar surface area (TPSA) is 47.0 Å². The van der Waals surface area contributed by atoms with Gasteiger partial charge in [0.05, 0.1) is 0 Å². The fourth-order valence-corrected chi connectivity index (χ4v) is 3.02. The van der Waals surface area contributed by atoms with Crippen molar-refractivity contribution in [3.05, 3.63) is 22.8 Å². The van der Waals surface area contributed by atoms with Crippen LogP contribution in [-0.2, 0) is 16.8 Å². The maximum Gasteiger partial charge on any atom is 0.160 e. The maximum atomic E-state index is 5.69. The molecule has 0 spiro atoms. The van der Waals surface area contributed by atoms with Crippen molar-refractivity contribution < 1.29 is 4.74 Å². The van der Waals surface area contributed by atoms with E-state index in [1.807, 2.05) is 7.05 Å². The average Bonchev–Trinajstić information content (AvgIpc) is 2.33. The Morgan fingerprint density at radius 1 is 1.25 bits per heavy atom. The molecule has 0 bridgehead atoms. The van der Waals surface area contributed by atoms with Gasteiger partial charge in [0.25, 0.3) is 0 Å². The molecule has 1 aromatic heterocycles. The Hall–Kier alpha value is -1.00. The van der Waals surface area contributed by atoms with Crippen LogP contribution in [0.2, 0.25) is 0 Å². The molecule has 0 aromatic carbocycles. The van der Waals surface area contributed by atoms with Crippen LogP contribution in [0, 0.1) is 19.8 Å². The van der Waals surface area contributed by atoms with Gasteiger partial charge in [-0.25, -0.2) is 9.97 Å². The van der Waals surface area contributed by atoms with Gasteiger partial charge < -0.3 is 10.1 Å². The highest BCUT2D eigenvalue weighted by Gasteiger charge is 2.42. The lowest BCUT2D eigenvalue weighted by Gasteiger charge is -2.39. The van der Waals surface area contributed by atoms with Gasteiger partial charge in [-0.2, -0.15) is 0 Å². The van der Waals surface area contributed by atoms with Gasteiger partial charge >= 0.3 is 0 Å². The van der Waals surface area contributed by atoms with Crippen LogP contribution in [0.1, 0.15) is 49.0 Å². The molecule has 20 heavy (non-hydrogen) atoms. The van der Waals surface area contributed by atoms with E-state index in [4.69, 9.17) is 14.7 Å². The Morgan fingerprint density at radius 3 is 2.25 bits per heavy atom. The number of rotatable bonds is 6. The second-order valence-corrected chi connectivity index (χ2v) is 6.12. The summed E-state index contributed by atoms with van der Waals surface area (Å²) in [5.41, 5.74) is 3.30. The zero-order valence-corrected chi connectivity index (χ0v) is 13.4. The molecule has 1 saturated carbocycles. The molecule has 1 atom stereocenters. The molecule has 1 aliphatic carbocycles. The number of hydrogen-bond donors (Lipinski definition) is 1. The van der Waals surface area contributed by atoms with E-state index in [0.717, 1.165) is 43.0 Å². The van der Waals surface area contributed by atoms with Gasteiger partial charge in [-0.15, -0.1) is 0 Å². The molecule has 0 radical (unpaired) electrons. The van der Waals surface area contributed by atoms with Crippen molar-refractivity contribution in [1.82, 2.24) is 15.3 Å². The molecule has 1 aliphatic rings. The number of methoxy groups -OCH3 is 1. The molecule has 0 amide bonds. The molecule has 2 rings (SSSR count). The summed E-state index contributed by atoms with van der Waals surface area (Å²) in [6, 6.07) is 0. The normalized spacial score (nSPS) is 18.6. The number of nitrogens with one attached hydrogen (secondary N) is 1.